The summed E-state index contributed by atoms with van der Waals surface area (Å²) in [4.78, 5) is 1.06. The van der Waals surface area contributed by atoms with Crippen molar-refractivity contribution < 1.29 is 0 Å². The highest BCUT2D eigenvalue weighted by Crippen LogP contribution is 2.34. The van der Waals surface area contributed by atoms with Crippen molar-refractivity contribution in [1.29, 1.82) is 0 Å². The number of allylic oxidation sites excluding steroid dienone is 1. The van der Waals surface area contributed by atoms with E-state index >= 15 is 0 Å². The average molecular weight is 356 g/mol. The number of halogens is 1. The fourth-order valence-corrected chi connectivity index (χ4v) is 3.56. The number of thioether (sulfide) groups is 1. The normalized spacial score (nSPS) is 11.3. The molecule has 0 bridgehead atoms. The van der Waals surface area contributed by atoms with Crippen molar-refractivity contribution in [1.82, 2.24) is 10.2 Å². The number of fused-ring (bicyclic) bond motifs is 1. The van der Waals surface area contributed by atoms with Gasteiger partial charge in [0.25, 0.3) is 0 Å². The molecule has 0 saturated carbocycles. The molecule has 2 rings (SSSR count). The van der Waals surface area contributed by atoms with Crippen LogP contribution in [-0.2, 0) is 0 Å². The van der Waals surface area contributed by atoms with Crippen LogP contribution in [0.1, 0.15) is 12.5 Å². The van der Waals surface area contributed by atoms with E-state index in [4.69, 9.17) is 0 Å². The minimum Gasteiger partial charge on any atom is -0.377 e. The molecule has 6 heteroatoms. The third-order valence-electron chi connectivity index (χ3n) is 2.45. The zero-order valence-corrected chi connectivity index (χ0v) is 14.0. The molecule has 0 saturated heterocycles. The second kappa shape index (κ2) is 6.54. The smallest absolute Gasteiger partial charge is 0.153 e. The number of hydrogen-bond donors (Lipinski definition) is 1. The summed E-state index contributed by atoms with van der Waals surface area (Å²) in [6.45, 7) is 8.77. The highest BCUT2D eigenvalue weighted by molar-refractivity contribution is 9.10. The quantitative estimate of drug-likeness (QED) is 0.822. The summed E-state index contributed by atoms with van der Waals surface area (Å²) in [5.41, 5.74) is 3.11. The number of nitrogens with one attached hydrogen (secondary N) is 1. The highest BCUT2D eigenvalue weighted by atomic mass is 79.9. The van der Waals surface area contributed by atoms with Gasteiger partial charge >= 0.3 is 0 Å². The SMILES string of the molecule is C=C(CNc1c(Br)nnc2c(C)csc12)S/C=C\C. The monoisotopic (exact) mass is 355 g/mol. The molecule has 2 aromatic rings. The fraction of sp³-hybridized carbons (Fsp3) is 0.231. The molecule has 0 spiro atoms. The van der Waals surface area contributed by atoms with Crippen LogP contribution in [0.4, 0.5) is 5.69 Å². The summed E-state index contributed by atoms with van der Waals surface area (Å²) < 4.78 is 1.87. The van der Waals surface area contributed by atoms with Gasteiger partial charge in [-0.3, -0.25) is 0 Å². The Balaban J connectivity index is 2.20. The van der Waals surface area contributed by atoms with Gasteiger partial charge in [0.15, 0.2) is 4.60 Å². The largest absolute Gasteiger partial charge is 0.377 e. The van der Waals surface area contributed by atoms with Gasteiger partial charge in [-0.1, -0.05) is 12.7 Å². The zero-order chi connectivity index (χ0) is 13.8. The van der Waals surface area contributed by atoms with Crippen LogP contribution in [-0.4, -0.2) is 16.7 Å². The van der Waals surface area contributed by atoms with Gasteiger partial charge in [0.05, 0.1) is 10.4 Å². The zero-order valence-electron chi connectivity index (χ0n) is 10.7. The first-order valence-corrected chi connectivity index (χ1v) is 8.28. The van der Waals surface area contributed by atoms with E-state index in [-0.39, 0.29) is 0 Å². The lowest BCUT2D eigenvalue weighted by Gasteiger charge is -2.09. The van der Waals surface area contributed by atoms with Crippen molar-refractivity contribution >= 4 is 54.9 Å². The fourth-order valence-electron chi connectivity index (χ4n) is 1.52. The molecule has 1 N–H and O–H groups in total. The molecule has 0 aromatic carbocycles. The molecular weight excluding hydrogens is 342 g/mol. The van der Waals surface area contributed by atoms with Crippen LogP contribution in [0.15, 0.2) is 33.0 Å². The lowest BCUT2D eigenvalue weighted by Crippen LogP contribution is -2.04. The van der Waals surface area contributed by atoms with Crippen LogP contribution >= 0.6 is 39.0 Å². The van der Waals surface area contributed by atoms with E-state index in [9.17, 15) is 0 Å². The molecule has 0 fully saturated rings. The van der Waals surface area contributed by atoms with Gasteiger partial charge in [-0.25, -0.2) is 0 Å². The van der Waals surface area contributed by atoms with Crippen molar-refractivity contribution in [2.45, 2.75) is 13.8 Å². The van der Waals surface area contributed by atoms with Crippen molar-refractivity contribution in [3.05, 3.63) is 38.5 Å². The number of anilines is 1. The lowest BCUT2D eigenvalue weighted by molar-refractivity contribution is 1.04. The maximum absolute atomic E-state index is 4.21. The molecule has 2 aromatic heterocycles. The van der Waals surface area contributed by atoms with Gasteiger partial charge in [0, 0.05) is 11.4 Å². The van der Waals surface area contributed by atoms with Gasteiger partial charge in [0.2, 0.25) is 0 Å². The molecule has 0 amide bonds. The van der Waals surface area contributed by atoms with Crippen molar-refractivity contribution in [2.24, 2.45) is 0 Å². The molecular formula is C13H14BrN3S2. The highest BCUT2D eigenvalue weighted by Gasteiger charge is 2.12. The molecule has 0 aliphatic carbocycles. The first-order chi connectivity index (χ1) is 9.13. The molecule has 0 aliphatic rings. The van der Waals surface area contributed by atoms with E-state index in [2.05, 4.69) is 43.4 Å². The lowest BCUT2D eigenvalue weighted by atomic mass is 10.3. The van der Waals surface area contributed by atoms with E-state index in [1.165, 1.54) is 0 Å². The summed E-state index contributed by atoms with van der Waals surface area (Å²) in [7, 11) is 0. The van der Waals surface area contributed by atoms with E-state index < -0.39 is 0 Å². The molecule has 100 valence electrons. The van der Waals surface area contributed by atoms with Gasteiger partial charge in [-0.05, 0) is 46.1 Å². The second-order valence-electron chi connectivity index (χ2n) is 3.94. The van der Waals surface area contributed by atoms with Crippen LogP contribution in [0.5, 0.6) is 0 Å². The maximum Gasteiger partial charge on any atom is 0.153 e. The third-order valence-corrected chi connectivity index (χ3v) is 4.99. The first-order valence-electron chi connectivity index (χ1n) is 5.73. The Labute approximate surface area is 129 Å². The van der Waals surface area contributed by atoms with Crippen LogP contribution in [0.25, 0.3) is 10.2 Å². The summed E-state index contributed by atoms with van der Waals surface area (Å²) in [5, 5.41) is 15.9. The average Bonchev–Trinajstić information content (AvgIpc) is 2.77. The minimum absolute atomic E-state index is 0.700. The van der Waals surface area contributed by atoms with Crippen molar-refractivity contribution in [3.8, 4) is 0 Å². The predicted molar refractivity (Wildman–Crippen MR) is 89.9 cm³/mol. The summed E-state index contributed by atoms with van der Waals surface area (Å²) in [6, 6.07) is 0. The Morgan fingerprint density at radius 1 is 1.58 bits per heavy atom. The van der Waals surface area contributed by atoms with Crippen LogP contribution in [0, 0.1) is 6.92 Å². The van der Waals surface area contributed by atoms with Gasteiger partial charge < -0.3 is 5.32 Å². The Morgan fingerprint density at radius 2 is 2.37 bits per heavy atom. The minimum atomic E-state index is 0.700. The van der Waals surface area contributed by atoms with E-state index in [0.29, 0.717) is 6.54 Å². The third kappa shape index (κ3) is 3.38. The molecule has 0 aliphatic heterocycles. The Kier molecular flexibility index (Phi) is 5.01. The molecule has 0 radical (unpaired) electrons. The Bertz CT molecular complexity index is 634. The first kappa shape index (κ1) is 14.6. The van der Waals surface area contributed by atoms with Crippen LogP contribution in [0.3, 0.4) is 0 Å². The number of nitrogens with zero attached hydrogens (tertiary/aromatic N) is 2. The van der Waals surface area contributed by atoms with Crippen LogP contribution < -0.4 is 5.32 Å². The standard InChI is InChI=1S/C13H14BrN3S2/c1-4-5-18-9(3)6-15-11-12-10(8(2)7-19-12)16-17-13(11)14/h4-5,7H,3,6H2,1-2H3,(H,15,16)/b5-4-. The molecule has 0 unspecified atom stereocenters. The summed E-state index contributed by atoms with van der Waals surface area (Å²) in [6.07, 6.45) is 2.00. The van der Waals surface area contributed by atoms with E-state index in [1.54, 1.807) is 23.1 Å². The second-order valence-corrected chi connectivity index (χ2v) is 6.66. The van der Waals surface area contributed by atoms with E-state index in [0.717, 1.165) is 31.0 Å². The molecule has 3 nitrogen and oxygen atoms in total. The number of hydrogen-bond acceptors (Lipinski definition) is 5. The molecule has 0 atom stereocenters. The van der Waals surface area contributed by atoms with Crippen molar-refractivity contribution in [2.75, 3.05) is 11.9 Å². The van der Waals surface area contributed by atoms with Crippen molar-refractivity contribution in [3.63, 3.8) is 0 Å². The van der Waals surface area contributed by atoms with Gasteiger partial charge in [-0.15, -0.1) is 33.3 Å². The van der Waals surface area contributed by atoms with Gasteiger partial charge in [-0.2, -0.15) is 0 Å². The van der Waals surface area contributed by atoms with E-state index in [1.807, 2.05) is 25.3 Å². The number of thiophene rings is 1. The maximum atomic E-state index is 4.21. The topological polar surface area (TPSA) is 37.8 Å². The summed E-state index contributed by atoms with van der Waals surface area (Å²) >= 11 is 6.76. The van der Waals surface area contributed by atoms with Gasteiger partial charge in [0.1, 0.15) is 5.52 Å². The number of aryl methyl sites for hydroxylation is 1. The number of aromatic nitrogens is 2. The Morgan fingerprint density at radius 3 is 3.11 bits per heavy atom. The predicted octanol–water partition coefficient (Wildman–Crippen LogP) is 4.95. The summed E-state index contributed by atoms with van der Waals surface area (Å²) in [5.74, 6) is 0. The molecule has 19 heavy (non-hydrogen) atoms. The van der Waals surface area contributed by atoms with Crippen LogP contribution in [0.2, 0.25) is 0 Å². The number of rotatable bonds is 5. The molecule has 2 heterocycles. The Hall–Kier alpha value is -0.850.